The largest absolute Gasteiger partial charge is 0.368 e. The second-order valence-electron chi connectivity index (χ2n) is 5.94. The number of carbonyl (C=O) groups excluding carboxylic acids is 1. The quantitative estimate of drug-likeness (QED) is 0.851. The zero-order valence-corrected chi connectivity index (χ0v) is 13.1. The van der Waals surface area contributed by atoms with Crippen LogP contribution in [-0.4, -0.2) is 50.0 Å². The Morgan fingerprint density at radius 1 is 1.38 bits per heavy atom. The smallest absolute Gasteiger partial charge is 0.254 e. The van der Waals surface area contributed by atoms with E-state index in [0.717, 1.165) is 12.8 Å². The Morgan fingerprint density at radius 3 is 3.04 bits per heavy atom. The molecular formula is C16H17N5O3. The van der Waals surface area contributed by atoms with Crippen LogP contribution in [0.25, 0.3) is 11.5 Å². The van der Waals surface area contributed by atoms with Gasteiger partial charge in [0.25, 0.3) is 11.5 Å². The third kappa shape index (κ3) is 2.69. The minimum atomic E-state index is -0.354. The number of hydrogen-bond donors (Lipinski definition) is 1. The zero-order valence-electron chi connectivity index (χ0n) is 13.1. The molecule has 0 bridgehead atoms. The first-order valence-electron chi connectivity index (χ1n) is 8.01. The lowest BCUT2D eigenvalue weighted by molar-refractivity contribution is -0.141. The second-order valence-corrected chi connectivity index (χ2v) is 5.94. The Balaban J connectivity index is 1.63. The van der Waals surface area contributed by atoms with E-state index in [1.165, 1.54) is 0 Å². The first kappa shape index (κ1) is 14.9. The van der Waals surface area contributed by atoms with Gasteiger partial charge in [-0.05, 0) is 19.3 Å². The van der Waals surface area contributed by atoms with Crippen LogP contribution in [0.2, 0.25) is 0 Å². The van der Waals surface area contributed by atoms with Crippen LogP contribution in [0.15, 0.2) is 23.4 Å². The molecule has 124 valence electrons. The molecule has 2 aromatic rings. The number of nitrogens with zero attached hydrogens (tertiary/aromatic N) is 4. The number of carbonyl (C=O) groups is 1. The monoisotopic (exact) mass is 327 g/mol. The van der Waals surface area contributed by atoms with Crippen molar-refractivity contribution >= 4 is 5.91 Å². The Hall–Kier alpha value is -2.61. The van der Waals surface area contributed by atoms with E-state index in [1.54, 1.807) is 23.5 Å². The van der Waals surface area contributed by atoms with Crippen molar-refractivity contribution in [2.75, 3.05) is 13.2 Å². The highest BCUT2D eigenvalue weighted by Gasteiger charge is 2.31. The number of aromatic amines is 1. The minimum Gasteiger partial charge on any atom is -0.368 e. The molecule has 4 heterocycles. The SMILES string of the molecule is O=C(C1CCCO1)N1CCc2c(nc(-c3cnccn3)[nH]c2=O)C1. The van der Waals surface area contributed by atoms with E-state index in [-0.39, 0.29) is 17.6 Å². The van der Waals surface area contributed by atoms with Gasteiger partial charge in [-0.1, -0.05) is 0 Å². The Kier molecular flexibility index (Phi) is 3.81. The van der Waals surface area contributed by atoms with Crippen molar-refractivity contribution in [1.29, 1.82) is 0 Å². The predicted molar refractivity (Wildman–Crippen MR) is 84.0 cm³/mol. The van der Waals surface area contributed by atoms with Crippen molar-refractivity contribution in [2.45, 2.75) is 31.9 Å². The molecule has 1 unspecified atom stereocenters. The van der Waals surface area contributed by atoms with Gasteiger partial charge in [0, 0.05) is 31.1 Å². The summed E-state index contributed by atoms with van der Waals surface area (Å²) in [6.07, 6.45) is 6.46. The summed E-state index contributed by atoms with van der Waals surface area (Å²) in [5.41, 5.74) is 1.58. The molecule has 24 heavy (non-hydrogen) atoms. The van der Waals surface area contributed by atoms with Crippen molar-refractivity contribution in [1.82, 2.24) is 24.8 Å². The number of aromatic nitrogens is 4. The lowest BCUT2D eigenvalue weighted by Gasteiger charge is -2.29. The summed E-state index contributed by atoms with van der Waals surface area (Å²) in [5, 5.41) is 0. The third-order valence-corrected chi connectivity index (χ3v) is 4.40. The number of rotatable bonds is 2. The molecule has 1 saturated heterocycles. The van der Waals surface area contributed by atoms with Crippen LogP contribution < -0.4 is 5.56 Å². The molecule has 0 spiro atoms. The molecule has 0 radical (unpaired) electrons. The summed E-state index contributed by atoms with van der Waals surface area (Å²) in [5.74, 6) is 0.361. The van der Waals surface area contributed by atoms with Gasteiger partial charge in [0.2, 0.25) is 0 Å². The van der Waals surface area contributed by atoms with E-state index in [9.17, 15) is 9.59 Å². The van der Waals surface area contributed by atoms with Crippen molar-refractivity contribution in [3.8, 4) is 11.5 Å². The Labute approximate surface area is 137 Å². The molecule has 0 saturated carbocycles. The van der Waals surface area contributed by atoms with Gasteiger partial charge in [-0.25, -0.2) is 9.97 Å². The van der Waals surface area contributed by atoms with Crippen molar-refractivity contribution in [3.63, 3.8) is 0 Å². The molecule has 0 aromatic carbocycles. The molecule has 8 heteroatoms. The van der Waals surface area contributed by atoms with Crippen LogP contribution in [0, 0.1) is 0 Å². The van der Waals surface area contributed by atoms with Gasteiger partial charge in [0.1, 0.15) is 11.8 Å². The van der Waals surface area contributed by atoms with Crippen LogP contribution in [0.1, 0.15) is 24.1 Å². The Bertz CT molecular complexity index is 814. The maximum atomic E-state index is 12.5. The van der Waals surface area contributed by atoms with Crippen LogP contribution in [0.4, 0.5) is 0 Å². The lowest BCUT2D eigenvalue weighted by Crippen LogP contribution is -2.43. The average molecular weight is 327 g/mol. The number of ether oxygens (including phenoxy) is 1. The lowest BCUT2D eigenvalue weighted by atomic mass is 10.1. The van der Waals surface area contributed by atoms with Crippen LogP contribution in [0.5, 0.6) is 0 Å². The number of nitrogens with one attached hydrogen (secondary N) is 1. The van der Waals surface area contributed by atoms with Gasteiger partial charge in [-0.15, -0.1) is 0 Å². The van der Waals surface area contributed by atoms with Gasteiger partial charge in [-0.3, -0.25) is 14.6 Å². The molecule has 0 aliphatic carbocycles. The first-order chi connectivity index (χ1) is 11.7. The Morgan fingerprint density at radius 2 is 2.29 bits per heavy atom. The van der Waals surface area contributed by atoms with E-state index < -0.39 is 0 Å². The summed E-state index contributed by atoms with van der Waals surface area (Å²) >= 11 is 0. The number of fused-ring (bicyclic) bond motifs is 1. The standard InChI is InChI=1S/C16H17N5O3/c22-15-10-3-6-21(16(23)13-2-1-7-24-13)9-12(10)19-14(20-15)11-8-17-4-5-18-11/h4-5,8,13H,1-3,6-7,9H2,(H,19,20,22). The summed E-state index contributed by atoms with van der Waals surface area (Å²) < 4.78 is 5.47. The molecule has 1 amide bonds. The average Bonchev–Trinajstić information content (AvgIpc) is 3.16. The molecule has 2 aliphatic heterocycles. The summed E-state index contributed by atoms with van der Waals surface area (Å²) in [6.45, 7) is 1.47. The number of H-pyrrole nitrogens is 1. The normalized spacial score (nSPS) is 20.0. The second kappa shape index (κ2) is 6.12. The number of amides is 1. The summed E-state index contributed by atoms with van der Waals surface area (Å²) in [6, 6.07) is 0. The fraction of sp³-hybridized carbons (Fsp3) is 0.438. The van der Waals surface area contributed by atoms with E-state index in [1.807, 2.05) is 0 Å². The molecule has 8 nitrogen and oxygen atoms in total. The maximum absolute atomic E-state index is 12.5. The highest BCUT2D eigenvalue weighted by Crippen LogP contribution is 2.21. The molecule has 1 atom stereocenters. The van der Waals surface area contributed by atoms with E-state index in [0.29, 0.717) is 48.9 Å². The van der Waals surface area contributed by atoms with Crippen LogP contribution in [-0.2, 0) is 22.5 Å². The molecular weight excluding hydrogens is 310 g/mol. The highest BCUT2D eigenvalue weighted by molar-refractivity contribution is 5.81. The maximum Gasteiger partial charge on any atom is 0.254 e. The van der Waals surface area contributed by atoms with Crippen LogP contribution >= 0.6 is 0 Å². The molecule has 2 aromatic heterocycles. The summed E-state index contributed by atoms with van der Waals surface area (Å²) in [7, 11) is 0. The molecule has 2 aliphatic rings. The van der Waals surface area contributed by atoms with E-state index >= 15 is 0 Å². The molecule has 4 rings (SSSR count). The minimum absolute atomic E-state index is 0.0127. The third-order valence-electron chi connectivity index (χ3n) is 4.40. The van der Waals surface area contributed by atoms with Gasteiger partial charge in [0.15, 0.2) is 5.82 Å². The van der Waals surface area contributed by atoms with Crippen molar-refractivity contribution < 1.29 is 9.53 Å². The zero-order chi connectivity index (χ0) is 16.5. The molecule has 1 fully saturated rings. The van der Waals surface area contributed by atoms with Gasteiger partial charge < -0.3 is 14.6 Å². The van der Waals surface area contributed by atoms with Crippen molar-refractivity contribution in [2.24, 2.45) is 0 Å². The predicted octanol–water partition coefficient (Wildman–Crippen LogP) is 0.291. The summed E-state index contributed by atoms with van der Waals surface area (Å²) in [4.78, 5) is 42.0. The topological polar surface area (TPSA) is 101 Å². The highest BCUT2D eigenvalue weighted by atomic mass is 16.5. The van der Waals surface area contributed by atoms with Gasteiger partial charge in [-0.2, -0.15) is 0 Å². The number of hydrogen-bond acceptors (Lipinski definition) is 6. The fourth-order valence-electron chi connectivity index (χ4n) is 3.15. The molecule has 1 N–H and O–H groups in total. The first-order valence-corrected chi connectivity index (χ1v) is 8.01. The van der Waals surface area contributed by atoms with E-state index in [4.69, 9.17) is 4.74 Å². The van der Waals surface area contributed by atoms with Crippen molar-refractivity contribution in [3.05, 3.63) is 40.2 Å². The van der Waals surface area contributed by atoms with Crippen LogP contribution in [0.3, 0.4) is 0 Å². The van der Waals surface area contributed by atoms with E-state index in [2.05, 4.69) is 19.9 Å². The van der Waals surface area contributed by atoms with Gasteiger partial charge >= 0.3 is 0 Å². The van der Waals surface area contributed by atoms with Gasteiger partial charge in [0.05, 0.1) is 18.4 Å². The fourth-order valence-corrected chi connectivity index (χ4v) is 3.15.